The Kier molecular flexibility index (Phi) is 4.72. The number of rotatable bonds is 4. The second-order valence-electron chi connectivity index (χ2n) is 3.52. The van der Waals surface area contributed by atoms with Gasteiger partial charge in [-0.15, -0.1) is 0 Å². The van der Waals surface area contributed by atoms with Gasteiger partial charge in [0.2, 0.25) is 0 Å². The van der Waals surface area contributed by atoms with E-state index < -0.39 is 0 Å². The molecule has 4 nitrogen and oxygen atoms in total. The Hall–Kier alpha value is -1.81. The van der Waals surface area contributed by atoms with Crippen molar-refractivity contribution in [1.29, 1.82) is 0 Å². The zero-order valence-electron chi connectivity index (χ0n) is 9.87. The molecule has 0 amide bonds. The summed E-state index contributed by atoms with van der Waals surface area (Å²) in [6.45, 7) is 7.43. The van der Waals surface area contributed by atoms with E-state index in [-0.39, 0.29) is 0 Å². The van der Waals surface area contributed by atoms with Gasteiger partial charge in [-0.2, -0.15) is 0 Å². The largest absolute Gasteiger partial charge is 0.390 e. The van der Waals surface area contributed by atoms with Gasteiger partial charge in [0, 0.05) is 22.1 Å². The molecule has 5 heteroatoms. The van der Waals surface area contributed by atoms with Crippen LogP contribution in [0.1, 0.15) is 11.4 Å². The molecule has 90 valence electrons. The Morgan fingerprint density at radius 3 is 2.53 bits per heavy atom. The first kappa shape index (κ1) is 13.3. The van der Waals surface area contributed by atoms with Crippen LogP contribution in [0.5, 0.6) is 0 Å². The van der Waals surface area contributed by atoms with Gasteiger partial charge in [-0.3, -0.25) is 4.98 Å². The van der Waals surface area contributed by atoms with Crippen LogP contribution in [-0.2, 0) is 0 Å². The van der Waals surface area contributed by atoms with Gasteiger partial charge in [-0.05, 0) is 32.1 Å². The molecule has 0 aliphatic carbocycles. The fraction of sp³-hybridized carbons (Fsp3) is 0.167. The van der Waals surface area contributed by atoms with Gasteiger partial charge in [0.05, 0.1) is 6.34 Å². The van der Waals surface area contributed by atoms with Crippen LogP contribution in [0.15, 0.2) is 40.6 Å². The first-order valence-electron chi connectivity index (χ1n) is 5.04. The number of aromatic nitrogens is 1. The number of anilines is 1. The van der Waals surface area contributed by atoms with Crippen molar-refractivity contribution in [1.82, 2.24) is 4.98 Å². The van der Waals surface area contributed by atoms with E-state index in [1.54, 1.807) is 6.08 Å². The summed E-state index contributed by atoms with van der Waals surface area (Å²) in [6, 6.07) is 3.81. The second kappa shape index (κ2) is 6.06. The van der Waals surface area contributed by atoms with Crippen molar-refractivity contribution in [3.8, 4) is 0 Å². The van der Waals surface area contributed by atoms with Crippen LogP contribution in [0, 0.1) is 13.8 Å². The second-order valence-corrected chi connectivity index (χ2v) is 4.00. The first-order valence-corrected chi connectivity index (χ1v) is 5.41. The van der Waals surface area contributed by atoms with Crippen LogP contribution >= 0.6 is 11.6 Å². The van der Waals surface area contributed by atoms with E-state index in [9.17, 15) is 0 Å². The van der Waals surface area contributed by atoms with E-state index in [4.69, 9.17) is 17.3 Å². The molecule has 1 aromatic rings. The Morgan fingerprint density at radius 2 is 2.06 bits per heavy atom. The first-order chi connectivity index (χ1) is 8.01. The molecule has 0 atom stereocenters. The molecule has 1 heterocycles. The van der Waals surface area contributed by atoms with E-state index in [1.165, 1.54) is 6.34 Å². The lowest BCUT2D eigenvalue weighted by molar-refractivity contribution is 1.12. The highest BCUT2D eigenvalue weighted by Crippen LogP contribution is 2.15. The van der Waals surface area contributed by atoms with E-state index in [2.05, 4.69) is 21.9 Å². The van der Waals surface area contributed by atoms with Crippen LogP contribution in [0.2, 0.25) is 0 Å². The van der Waals surface area contributed by atoms with Crippen molar-refractivity contribution in [2.75, 3.05) is 5.32 Å². The fourth-order valence-electron chi connectivity index (χ4n) is 1.39. The molecule has 0 saturated heterocycles. The lowest BCUT2D eigenvalue weighted by Gasteiger charge is -2.08. The van der Waals surface area contributed by atoms with Crippen LogP contribution in [0.3, 0.4) is 0 Å². The highest BCUT2D eigenvalue weighted by molar-refractivity contribution is 6.30. The van der Waals surface area contributed by atoms with Crippen molar-refractivity contribution in [2.45, 2.75) is 13.8 Å². The van der Waals surface area contributed by atoms with Gasteiger partial charge in [-0.1, -0.05) is 18.2 Å². The number of hydrogen-bond acceptors (Lipinski definition) is 3. The summed E-state index contributed by atoms with van der Waals surface area (Å²) >= 11 is 5.70. The molecular weight excluding hydrogens is 236 g/mol. The van der Waals surface area contributed by atoms with Gasteiger partial charge in [-0.25, -0.2) is 4.99 Å². The quantitative estimate of drug-likeness (QED) is 0.491. The van der Waals surface area contributed by atoms with Crippen LogP contribution in [-0.4, -0.2) is 11.3 Å². The maximum absolute atomic E-state index is 5.70. The molecule has 0 fully saturated rings. The normalized spacial score (nSPS) is 11.8. The number of aryl methyl sites for hydroxylation is 2. The molecule has 0 bridgehead atoms. The van der Waals surface area contributed by atoms with Crippen molar-refractivity contribution in [3.63, 3.8) is 0 Å². The highest BCUT2D eigenvalue weighted by atomic mass is 35.5. The predicted octanol–water partition coefficient (Wildman–Crippen LogP) is 2.69. The van der Waals surface area contributed by atoms with Crippen molar-refractivity contribution in [3.05, 3.63) is 47.0 Å². The summed E-state index contributed by atoms with van der Waals surface area (Å²) in [5, 5.41) is 3.47. The molecule has 0 radical (unpaired) electrons. The summed E-state index contributed by atoms with van der Waals surface area (Å²) in [5.74, 6) is 0.525. The lowest BCUT2D eigenvalue weighted by Crippen LogP contribution is -2.01. The minimum Gasteiger partial charge on any atom is -0.390 e. The Labute approximate surface area is 106 Å². The molecule has 0 aromatic carbocycles. The van der Waals surface area contributed by atoms with Gasteiger partial charge in [0.15, 0.2) is 0 Å². The van der Waals surface area contributed by atoms with E-state index in [1.807, 2.05) is 26.0 Å². The molecule has 1 aromatic heterocycles. The molecule has 17 heavy (non-hydrogen) atoms. The SMILES string of the molecule is C=C(Cl)/C=C(\N=C/N)Nc1cc(C)nc(C)c1. The minimum atomic E-state index is 0.376. The molecule has 3 N–H and O–H groups in total. The van der Waals surface area contributed by atoms with E-state index in [0.29, 0.717) is 10.9 Å². The number of nitrogens with zero attached hydrogens (tertiary/aromatic N) is 2. The third kappa shape index (κ3) is 4.70. The van der Waals surface area contributed by atoms with Crippen molar-refractivity contribution >= 4 is 23.6 Å². The molecule has 1 rings (SSSR count). The van der Waals surface area contributed by atoms with Gasteiger partial charge < -0.3 is 11.1 Å². The smallest absolute Gasteiger partial charge is 0.133 e. The zero-order valence-corrected chi connectivity index (χ0v) is 10.6. The van der Waals surface area contributed by atoms with Gasteiger partial charge in [0.25, 0.3) is 0 Å². The Morgan fingerprint density at radius 1 is 1.47 bits per heavy atom. The van der Waals surface area contributed by atoms with Crippen molar-refractivity contribution < 1.29 is 0 Å². The average Bonchev–Trinajstić information content (AvgIpc) is 2.14. The molecule has 0 unspecified atom stereocenters. The average molecular weight is 251 g/mol. The number of pyridine rings is 1. The van der Waals surface area contributed by atoms with E-state index >= 15 is 0 Å². The summed E-state index contributed by atoms with van der Waals surface area (Å²) in [5.41, 5.74) is 7.99. The third-order valence-electron chi connectivity index (χ3n) is 1.86. The van der Waals surface area contributed by atoms with Crippen LogP contribution < -0.4 is 11.1 Å². The lowest BCUT2D eigenvalue weighted by atomic mass is 10.3. The fourth-order valence-corrected chi connectivity index (χ4v) is 1.49. The zero-order chi connectivity index (χ0) is 12.8. The monoisotopic (exact) mass is 250 g/mol. The van der Waals surface area contributed by atoms with Crippen LogP contribution in [0.25, 0.3) is 0 Å². The third-order valence-corrected chi connectivity index (χ3v) is 1.97. The van der Waals surface area contributed by atoms with Gasteiger partial charge >= 0.3 is 0 Å². The summed E-state index contributed by atoms with van der Waals surface area (Å²) in [6.07, 6.45) is 2.79. The summed E-state index contributed by atoms with van der Waals surface area (Å²) < 4.78 is 0. The number of nitrogens with two attached hydrogens (primary N) is 1. The number of allylic oxidation sites excluding steroid dienone is 2. The maximum atomic E-state index is 5.70. The predicted molar refractivity (Wildman–Crippen MR) is 73.1 cm³/mol. The minimum absolute atomic E-state index is 0.376. The summed E-state index contributed by atoms with van der Waals surface area (Å²) in [7, 11) is 0. The number of hydrogen-bond donors (Lipinski definition) is 2. The highest BCUT2D eigenvalue weighted by Gasteiger charge is 1.99. The molecule has 0 saturated carbocycles. The number of nitrogens with one attached hydrogen (secondary N) is 1. The number of halogens is 1. The standard InChI is InChI=1S/C12H15ClN4/c1-8(13)4-12(15-7-14)17-11-5-9(2)16-10(3)6-11/h4-7H,1H2,2-3H3,(H2,14,15)(H,16,17)/b12-4+. The number of aliphatic imine (C=N–C) groups is 1. The molecular formula is C12H15ClN4. The molecule has 0 aliphatic heterocycles. The molecule has 0 aliphatic rings. The molecule has 0 spiro atoms. The maximum Gasteiger partial charge on any atom is 0.133 e. The Balaban J connectivity index is 2.97. The van der Waals surface area contributed by atoms with Gasteiger partial charge in [0.1, 0.15) is 5.82 Å². The Bertz CT molecular complexity index is 457. The van der Waals surface area contributed by atoms with Crippen molar-refractivity contribution in [2.24, 2.45) is 10.7 Å². The topological polar surface area (TPSA) is 63.3 Å². The van der Waals surface area contributed by atoms with E-state index in [0.717, 1.165) is 17.1 Å². The van der Waals surface area contributed by atoms with Crippen LogP contribution in [0.4, 0.5) is 5.69 Å². The summed E-state index contributed by atoms with van der Waals surface area (Å²) in [4.78, 5) is 8.24.